The Morgan fingerprint density at radius 3 is 2.80 bits per heavy atom. The van der Waals surface area contributed by atoms with Crippen LogP contribution < -0.4 is 10.2 Å². The number of nitrogens with zero attached hydrogens (tertiary/aromatic N) is 2. The molecule has 0 radical (unpaired) electrons. The van der Waals surface area contributed by atoms with Gasteiger partial charge in [-0.3, -0.25) is 4.79 Å². The van der Waals surface area contributed by atoms with Gasteiger partial charge in [-0.15, -0.1) is 11.3 Å². The molecule has 1 aromatic carbocycles. The van der Waals surface area contributed by atoms with Crippen molar-refractivity contribution in [3.63, 3.8) is 0 Å². The molecule has 0 spiro atoms. The van der Waals surface area contributed by atoms with Gasteiger partial charge in [0, 0.05) is 29.4 Å². The van der Waals surface area contributed by atoms with Crippen molar-refractivity contribution >= 4 is 38.8 Å². The number of benzene rings is 1. The molecule has 2 aromatic heterocycles. The Bertz CT molecular complexity index is 947. The van der Waals surface area contributed by atoms with Gasteiger partial charge in [0.25, 0.3) is 5.91 Å². The molecule has 25 heavy (non-hydrogen) atoms. The number of hydrogen-bond donors (Lipinski definition) is 1. The third kappa shape index (κ3) is 2.87. The second-order valence-electron chi connectivity index (χ2n) is 6.19. The second kappa shape index (κ2) is 6.44. The molecule has 1 saturated heterocycles. The van der Waals surface area contributed by atoms with Crippen molar-refractivity contribution in [2.24, 2.45) is 0 Å². The lowest BCUT2D eigenvalue weighted by molar-refractivity contribution is 0.103. The van der Waals surface area contributed by atoms with Crippen LogP contribution in [0.15, 0.2) is 36.5 Å². The lowest BCUT2D eigenvalue weighted by atomic mass is 10.1. The summed E-state index contributed by atoms with van der Waals surface area (Å²) in [6, 6.07) is 8.61. The minimum absolute atomic E-state index is 0.216. The van der Waals surface area contributed by atoms with Gasteiger partial charge in [-0.1, -0.05) is 6.07 Å². The van der Waals surface area contributed by atoms with Crippen LogP contribution in [-0.2, 0) is 0 Å². The molecule has 128 valence electrons. The predicted molar refractivity (Wildman–Crippen MR) is 100 cm³/mol. The topological polar surface area (TPSA) is 45.2 Å². The Morgan fingerprint density at radius 1 is 1.24 bits per heavy atom. The van der Waals surface area contributed by atoms with E-state index in [-0.39, 0.29) is 11.7 Å². The molecule has 0 atom stereocenters. The van der Waals surface area contributed by atoms with Crippen molar-refractivity contribution in [2.75, 3.05) is 23.3 Å². The Balaban J connectivity index is 1.67. The standard InChI is InChI=1S/C19H18FN3OS/c1-12-16-13(20)6-4-8-15(16)25-17(12)19(24)22-14-7-5-9-21-18(14)23-10-2-3-11-23/h4-9H,2-3,10-11H2,1H3,(H,22,24). The number of aromatic nitrogens is 1. The number of anilines is 2. The minimum Gasteiger partial charge on any atom is -0.355 e. The molecule has 6 heteroatoms. The fourth-order valence-electron chi connectivity index (χ4n) is 3.32. The highest BCUT2D eigenvalue weighted by molar-refractivity contribution is 7.21. The van der Waals surface area contributed by atoms with E-state index in [1.54, 1.807) is 19.2 Å². The molecule has 0 bridgehead atoms. The maximum atomic E-state index is 14.1. The molecule has 1 aliphatic heterocycles. The number of fused-ring (bicyclic) bond motifs is 1. The molecule has 1 N–H and O–H groups in total. The van der Waals surface area contributed by atoms with E-state index in [1.807, 2.05) is 18.2 Å². The highest BCUT2D eigenvalue weighted by Crippen LogP contribution is 2.34. The summed E-state index contributed by atoms with van der Waals surface area (Å²) >= 11 is 1.32. The normalized spacial score (nSPS) is 14.2. The molecule has 4 nitrogen and oxygen atoms in total. The lowest BCUT2D eigenvalue weighted by Gasteiger charge is -2.19. The highest BCUT2D eigenvalue weighted by atomic mass is 32.1. The molecule has 0 aliphatic carbocycles. The number of rotatable bonds is 3. The number of nitrogens with one attached hydrogen (secondary N) is 1. The summed E-state index contributed by atoms with van der Waals surface area (Å²) in [5.74, 6) is 0.300. The Kier molecular flexibility index (Phi) is 4.13. The molecule has 4 rings (SSSR count). The van der Waals surface area contributed by atoms with Gasteiger partial charge in [-0.25, -0.2) is 9.37 Å². The van der Waals surface area contributed by atoms with E-state index >= 15 is 0 Å². The summed E-state index contributed by atoms with van der Waals surface area (Å²) in [6.07, 6.45) is 4.01. The minimum atomic E-state index is -0.288. The summed E-state index contributed by atoms with van der Waals surface area (Å²) in [7, 11) is 0. The second-order valence-corrected chi connectivity index (χ2v) is 7.24. The summed E-state index contributed by atoms with van der Waals surface area (Å²) in [6.45, 7) is 3.70. The molecule has 3 aromatic rings. The third-order valence-electron chi connectivity index (χ3n) is 4.55. The van der Waals surface area contributed by atoms with Gasteiger partial charge in [-0.2, -0.15) is 0 Å². The smallest absolute Gasteiger partial charge is 0.266 e. The molecular formula is C19H18FN3OS. The van der Waals surface area contributed by atoms with Crippen LogP contribution in [0.3, 0.4) is 0 Å². The van der Waals surface area contributed by atoms with Gasteiger partial charge in [-0.05, 0) is 49.6 Å². The van der Waals surface area contributed by atoms with Crippen molar-refractivity contribution in [2.45, 2.75) is 19.8 Å². The van der Waals surface area contributed by atoms with E-state index in [0.717, 1.165) is 36.4 Å². The van der Waals surface area contributed by atoms with Gasteiger partial charge in [0.1, 0.15) is 5.82 Å². The molecule has 0 unspecified atom stereocenters. The van der Waals surface area contributed by atoms with Gasteiger partial charge in [0.2, 0.25) is 0 Å². The van der Waals surface area contributed by atoms with Gasteiger partial charge >= 0.3 is 0 Å². The number of pyridine rings is 1. The first-order valence-electron chi connectivity index (χ1n) is 8.34. The average Bonchev–Trinajstić information content (AvgIpc) is 3.24. The molecule has 1 fully saturated rings. The van der Waals surface area contributed by atoms with Crippen LogP contribution in [0.4, 0.5) is 15.9 Å². The largest absolute Gasteiger partial charge is 0.355 e. The molecule has 0 saturated carbocycles. The van der Waals surface area contributed by atoms with Crippen LogP contribution in [0, 0.1) is 12.7 Å². The Morgan fingerprint density at radius 2 is 2.04 bits per heavy atom. The quantitative estimate of drug-likeness (QED) is 0.747. The van der Waals surface area contributed by atoms with E-state index < -0.39 is 0 Å². The van der Waals surface area contributed by atoms with Crippen LogP contribution in [-0.4, -0.2) is 24.0 Å². The van der Waals surface area contributed by atoms with E-state index in [2.05, 4.69) is 15.2 Å². The SMILES string of the molecule is Cc1c(C(=O)Nc2cccnc2N2CCCC2)sc2cccc(F)c12. The maximum absolute atomic E-state index is 14.1. The molecule has 3 heterocycles. The third-order valence-corrected chi connectivity index (χ3v) is 5.81. The van der Waals surface area contributed by atoms with Crippen LogP contribution in [0.5, 0.6) is 0 Å². The molecule has 1 amide bonds. The summed E-state index contributed by atoms with van der Waals surface area (Å²) in [5.41, 5.74) is 1.38. The monoisotopic (exact) mass is 355 g/mol. The summed E-state index contributed by atoms with van der Waals surface area (Å²) in [5, 5.41) is 3.50. The Labute approximate surface area is 149 Å². The lowest BCUT2D eigenvalue weighted by Crippen LogP contribution is -2.22. The predicted octanol–water partition coefficient (Wildman–Crippen LogP) is 4.60. The number of hydrogen-bond acceptors (Lipinski definition) is 4. The van der Waals surface area contributed by atoms with Gasteiger partial charge in [0.05, 0.1) is 10.6 Å². The van der Waals surface area contributed by atoms with Crippen LogP contribution in [0.25, 0.3) is 10.1 Å². The Hall–Kier alpha value is -2.47. The van der Waals surface area contributed by atoms with E-state index in [9.17, 15) is 9.18 Å². The number of thiophene rings is 1. The first-order valence-corrected chi connectivity index (χ1v) is 9.16. The molecular weight excluding hydrogens is 337 g/mol. The van der Waals surface area contributed by atoms with E-state index in [4.69, 9.17) is 0 Å². The van der Waals surface area contributed by atoms with E-state index in [0.29, 0.717) is 21.5 Å². The number of carbonyl (C=O) groups is 1. The van der Waals surface area contributed by atoms with Crippen molar-refractivity contribution in [1.82, 2.24) is 4.98 Å². The highest BCUT2D eigenvalue weighted by Gasteiger charge is 2.21. The fraction of sp³-hybridized carbons (Fsp3) is 0.263. The number of halogens is 1. The van der Waals surface area contributed by atoms with Crippen molar-refractivity contribution in [1.29, 1.82) is 0 Å². The van der Waals surface area contributed by atoms with E-state index in [1.165, 1.54) is 17.4 Å². The maximum Gasteiger partial charge on any atom is 0.266 e. The van der Waals surface area contributed by atoms with Crippen LogP contribution >= 0.6 is 11.3 Å². The zero-order valence-electron chi connectivity index (χ0n) is 13.9. The van der Waals surface area contributed by atoms with Crippen LogP contribution in [0.1, 0.15) is 28.1 Å². The van der Waals surface area contributed by atoms with Crippen molar-refractivity contribution in [3.05, 3.63) is 52.8 Å². The first-order chi connectivity index (χ1) is 12.1. The number of amides is 1. The number of aryl methyl sites for hydroxylation is 1. The van der Waals surface area contributed by atoms with Gasteiger partial charge < -0.3 is 10.2 Å². The zero-order chi connectivity index (χ0) is 17.4. The first kappa shape index (κ1) is 16.0. The zero-order valence-corrected chi connectivity index (χ0v) is 14.7. The van der Waals surface area contributed by atoms with Crippen LogP contribution in [0.2, 0.25) is 0 Å². The fourth-order valence-corrected chi connectivity index (χ4v) is 4.44. The average molecular weight is 355 g/mol. The van der Waals surface area contributed by atoms with Gasteiger partial charge in [0.15, 0.2) is 5.82 Å². The molecule has 1 aliphatic rings. The van der Waals surface area contributed by atoms with Crippen molar-refractivity contribution in [3.8, 4) is 0 Å². The summed E-state index contributed by atoms with van der Waals surface area (Å²) in [4.78, 5) is 20.0. The summed E-state index contributed by atoms with van der Waals surface area (Å²) < 4.78 is 14.9. The number of carbonyl (C=O) groups excluding carboxylic acids is 1. The van der Waals surface area contributed by atoms with Crippen molar-refractivity contribution < 1.29 is 9.18 Å².